The highest BCUT2D eigenvalue weighted by Crippen LogP contribution is 2.28. The molecule has 0 N–H and O–H groups in total. The van der Waals surface area contributed by atoms with Crippen LogP contribution in [0.3, 0.4) is 0 Å². The Kier molecular flexibility index (Phi) is 5.29. The van der Waals surface area contributed by atoms with Crippen LogP contribution in [0, 0.1) is 0 Å². The van der Waals surface area contributed by atoms with Crippen molar-refractivity contribution in [1.82, 2.24) is 9.88 Å². The van der Waals surface area contributed by atoms with Crippen LogP contribution in [0.5, 0.6) is 5.75 Å². The molecule has 0 spiro atoms. The Labute approximate surface area is 179 Å². The first-order valence-corrected chi connectivity index (χ1v) is 10.3. The summed E-state index contributed by atoms with van der Waals surface area (Å²) in [5, 5.41) is 2.65. The number of amides is 1. The second-order valence-corrected chi connectivity index (χ2v) is 7.99. The van der Waals surface area contributed by atoms with E-state index < -0.39 is 0 Å². The quantitative estimate of drug-likeness (QED) is 0.643. The number of hydrogen-bond donors (Lipinski definition) is 0. The van der Waals surface area contributed by atoms with Crippen molar-refractivity contribution in [2.24, 2.45) is 0 Å². The van der Waals surface area contributed by atoms with Crippen LogP contribution in [0.15, 0.2) is 60.9 Å². The minimum absolute atomic E-state index is 0.0379. The number of carbonyl (C=O) groups excluding carboxylic acids is 1. The molecule has 3 heterocycles. The van der Waals surface area contributed by atoms with Crippen LogP contribution < -0.4 is 4.74 Å². The summed E-state index contributed by atoms with van der Waals surface area (Å²) in [5.74, 6) is 0.753. The zero-order chi connectivity index (χ0) is 20.5. The third-order valence-corrected chi connectivity index (χ3v) is 5.77. The maximum absolute atomic E-state index is 12.8. The van der Waals surface area contributed by atoms with Crippen molar-refractivity contribution in [2.75, 3.05) is 26.3 Å². The first kappa shape index (κ1) is 19.3. The maximum atomic E-state index is 12.8. The highest BCUT2D eigenvalue weighted by atomic mass is 35.5. The topological polar surface area (TPSA) is 60.9 Å². The van der Waals surface area contributed by atoms with E-state index in [9.17, 15) is 4.79 Å². The Morgan fingerprint density at radius 3 is 2.50 bits per heavy atom. The second kappa shape index (κ2) is 8.22. The Morgan fingerprint density at radius 2 is 1.77 bits per heavy atom. The third kappa shape index (κ3) is 3.86. The summed E-state index contributed by atoms with van der Waals surface area (Å²) in [6.07, 6.45) is 3.04. The van der Waals surface area contributed by atoms with Gasteiger partial charge in [0.25, 0.3) is 5.91 Å². The standard InChI is InChI=1S/C23H21ClN2O4/c24-17-6-4-15(5-7-17)23(27)26-11-21-22(12-26)29-14-18(13-28-21)30-20-3-1-2-16-10-25-9-8-19(16)20/h1-10,18,21-22H,11-14H2/t21-,22-/m0/s1. The SMILES string of the molecule is O=C(c1ccc(Cl)cc1)N1C[C@@H]2OCC(Oc3cccc4cnccc34)CO[C@H]2C1. The fraction of sp³-hybridized carbons (Fsp3) is 0.304. The Balaban J connectivity index is 1.23. The smallest absolute Gasteiger partial charge is 0.254 e. The van der Waals surface area contributed by atoms with Gasteiger partial charge >= 0.3 is 0 Å². The lowest BCUT2D eigenvalue weighted by molar-refractivity contribution is -0.00461. The van der Waals surface area contributed by atoms with E-state index in [1.807, 2.05) is 30.5 Å². The van der Waals surface area contributed by atoms with Crippen molar-refractivity contribution in [3.05, 3.63) is 71.5 Å². The van der Waals surface area contributed by atoms with Crippen molar-refractivity contribution in [2.45, 2.75) is 18.3 Å². The number of carbonyl (C=O) groups is 1. The Morgan fingerprint density at radius 1 is 1.03 bits per heavy atom. The van der Waals surface area contributed by atoms with Crippen LogP contribution in [0.1, 0.15) is 10.4 Å². The van der Waals surface area contributed by atoms with Crippen molar-refractivity contribution in [1.29, 1.82) is 0 Å². The molecule has 0 unspecified atom stereocenters. The van der Waals surface area contributed by atoms with Gasteiger partial charge in [0.1, 0.15) is 24.1 Å². The van der Waals surface area contributed by atoms with E-state index in [1.54, 1.807) is 35.4 Å². The summed E-state index contributed by atoms with van der Waals surface area (Å²) in [6.45, 7) is 1.81. The molecular weight excluding hydrogens is 404 g/mol. The summed E-state index contributed by atoms with van der Waals surface area (Å²) in [7, 11) is 0. The van der Waals surface area contributed by atoms with Gasteiger partial charge in [0.2, 0.25) is 0 Å². The number of nitrogens with zero attached hydrogens (tertiary/aromatic N) is 2. The summed E-state index contributed by atoms with van der Waals surface area (Å²) in [4.78, 5) is 18.7. The lowest BCUT2D eigenvalue weighted by Crippen LogP contribution is -2.32. The first-order chi connectivity index (χ1) is 14.7. The highest BCUT2D eigenvalue weighted by molar-refractivity contribution is 6.30. The molecule has 1 aromatic heterocycles. The predicted molar refractivity (Wildman–Crippen MR) is 113 cm³/mol. The van der Waals surface area contributed by atoms with Gasteiger partial charge in [-0.3, -0.25) is 9.78 Å². The van der Waals surface area contributed by atoms with Gasteiger partial charge in [0.15, 0.2) is 0 Å². The van der Waals surface area contributed by atoms with E-state index in [2.05, 4.69) is 4.98 Å². The molecule has 6 nitrogen and oxygen atoms in total. The molecule has 0 radical (unpaired) electrons. The van der Waals surface area contributed by atoms with E-state index in [-0.39, 0.29) is 24.2 Å². The zero-order valence-electron chi connectivity index (χ0n) is 16.2. The summed E-state index contributed by atoms with van der Waals surface area (Å²) >= 11 is 5.92. The highest BCUT2D eigenvalue weighted by Gasteiger charge is 2.40. The molecule has 1 amide bonds. The largest absolute Gasteiger partial charge is 0.485 e. The molecule has 0 saturated carbocycles. The molecule has 2 atom stereocenters. The van der Waals surface area contributed by atoms with Crippen molar-refractivity contribution < 1.29 is 19.0 Å². The molecule has 3 aromatic rings. The Bertz CT molecular complexity index is 1040. The minimum atomic E-state index is -0.213. The van der Waals surface area contributed by atoms with Crippen molar-refractivity contribution in [3.63, 3.8) is 0 Å². The van der Waals surface area contributed by atoms with Crippen LogP contribution in [0.2, 0.25) is 5.02 Å². The van der Waals surface area contributed by atoms with E-state index in [4.69, 9.17) is 25.8 Å². The number of fused-ring (bicyclic) bond motifs is 2. The minimum Gasteiger partial charge on any atom is -0.485 e. The molecule has 2 aliphatic heterocycles. The average molecular weight is 425 g/mol. The molecule has 2 fully saturated rings. The monoisotopic (exact) mass is 424 g/mol. The normalized spacial score (nSPS) is 22.0. The number of ether oxygens (including phenoxy) is 3. The lowest BCUT2D eigenvalue weighted by Gasteiger charge is -2.20. The molecule has 2 aliphatic rings. The zero-order valence-corrected chi connectivity index (χ0v) is 17.0. The molecule has 7 heteroatoms. The van der Waals surface area contributed by atoms with Crippen LogP contribution in [0.4, 0.5) is 0 Å². The van der Waals surface area contributed by atoms with Gasteiger partial charge < -0.3 is 19.1 Å². The van der Waals surface area contributed by atoms with E-state index in [1.165, 1.54) is 0 Å². The fourth-order valence-electron chi connectivity index (χ4n) is 3.96. The van der Waals surface area contributed by atoms with Gasteiger partial charge in [-0.1, -0.05) is 23.7 Å². The van der Waals surface area contributed by atoms with Gasteiger partial charge in [-0.25, -0.2) is 0 Å². The number of rotatable bonds is 3. The van der Waals surface area contributed by atoms with Crippen LogP contribution in [0.25, 0.3) is 10.8 Å². The van der Waals surface area contributed by atoms with Gasteiger partial charge in [-0.2, -0.15) is 0 Å². The molecule has 5 rings (SSSR count). The van der Waals surface area contributed by atoms with Crippen LogP contribution in [-0.4, -0.2) is 60.4 Å². The van der Waals surface area contributed by atoms with E-state index >= 15 is 0 Å². The van der Waals surface area contributed by atoms with Gasteiger partial charge in [-0.15, -0.1) is 0 Å². The maximum Gasteiger partial charge on any atom is 0.254 e. The van der Waals surface area contributed by atoms with Gasteiger partial charge in [0.05, 0.1) is 13.2 Å². The predicted octanol–water partition coefficient (Wildman–Crippen LogP) is 3.58. The number of likely N-dealkylation sites (tertiary alicyclic amines) is 1. The van der Waals surface area contributed by atoms with Crippen LogP contribution in [-0.2, 0) is 9.47 Å². The number of benzene rings is 2. The number of pyridine rings is 1. The third-order valence-electron chi connectivity index (χ3n) is 5.52. The molecular formula is C23H21ClN2O4. The summed E-state index contributed by atoms with van der Waals surface area (Å²) in [6, 6.07) is 14.8. The lowest BCUT2D eigenvalue weighted by atomic mass is 10.1. The van der Waals surface area contributed by atoms with Crippen molar-refractivity contribution in [3.8, 4) is 5.75 Å². The number of hydrogen-bond acceptors (Lipinski definition) is 5. The molecule has 2 aromatic carbocycles. The second-order valence-electron chi connectivity index (χ2n) is 7.55. The Hall–Kier alpha value is -2.67. The van der Waals surface area contributed by atoms with E-state index in [0.29, 0.717) is 36.9 Å². The molecule has 2 saturated heterocycles. The fourth-order valence-corrected chi connectivity index (χ4v) is 4.08. The molecule has 0 bridgehead atoms. The van der Waals surface area contributed by atoms with E-state index in [0.717, 1.165) is 16.5 Å². The molecule has 30 heavy (non-hydrogen) atoms. The number of halogens is 1. The first-order valence-electron chi connectivity index (χ1n) is 9.95. The van der Waals surface area contributed by atoms with Gasteiger partial charge in [-0.05, 0) is 36.4 Å². The molecule has 154 valence electrons. The van der Waals surface area contributed by atoms with Crippen LogP contribution >= 0.6 is 11.6 Å². The number of aromatic nitrogens is 1. The summed E-state index contributed by atoms with van der Waals surface area (Å²) in [5.41, 5.74) is 0.613. The van der Waals surface area contributed by atoms with Gasteiger partial charge in [0, 0.05) is 46.8 Å². The van der Waals surface area contributed by atoms with Crippen molar-refractivity contribution >= 4 is 28.3 Å². The average Bonchev–Trinajstić information content (AvgIpc) is 3.10. The summed E-state index contributed by atoms with van der Waals surface area (Å²) < 4.78 is 18.4. The molecule has 0 aliphatic carbocycles.